The Morgan fingerprint density at radius 1 is 1.37 bits per heavy atom. The van der Waals surface area contributed by atoms with Crippen LogP contribution in [0.25, 0.3) is 0 Å². The monoisotopic (exact) mass is 312 g/mol. The van der Waals surface area contributed by atoms with E-state index in [2.05, 4.69) is 5.32 Å². The van der Waals surface area contributed by atoms with E-state index < -0.39 is 9.84 Å². The minimum Gasteiger partial charge on any atom is -0.336 e. The van der Waals surface area contributed by atoms with Gasteiger partial charge >= 0.3 is 0 Å². The molecule has 0 spiro atoms. The maximum Gasteiger partial charge on any atom is 0.238 e. The second-order valence-corrected chi connectivity index (χ2v) is 7.63. The molecule has 1 fully saturated rings. The van der Waals surface area contributed by atoms with Gasteiger partial charge in [-0.05, 0) is 19.8 Å². The molecule has 7 heteroatoms. The maximum absolute atomic E-state index is 12.1. The van der Waals surface area contributed by atoms with Gasteiger partial charge < -0.3 is 10.2 Å². The van der Waals surface area contributed by atoms with Crippen LogP contribution in [-0.4, -0.2) is 55.9 Å². The number of nitrogens with zero attached hydrogens (tertiary/aromatic N) is 1. The molecule has 2 unspecified atom stereocenters. The summed E-state index contributed by atoms with van der Waals surface area (Å²) in [6.45, 7) is 8.95. The predicted molar refractivity (Wildman–Crippen MR) is 79.4 cm³/mol. The van der Waals surface area contributed by atoms with Crippen molar-refractivity contribution >= 4 is 28.2 Å². The lowest BCUT2D eigenvalue weighted by molar-refractivity contribution is -0.132. The second kappa shape index (κ2) is 7.45. The summed E-state index contributed by atoms with van der Waals surface area (Å²) in [6.07, 6.45) is 0. The third-order valence-electron chi connectivity index (χ3n) is 3.29. The first-order valence-electron chi connectivity index (χ1n) is 6.46. The van der Waals surface area contributed by atoms with Crippen LogP contribution < -0.4 is 5.32 Å². The first-order chi connectivity index (χ1) is 8.23. The molecule has 1 saturated heterocycles. The summed E-state index contributed by atoms with van der Waals surface area (Å²) in [6, 6.07) is 0.246. The predicted octanol–water partition coefficient (Wildman–Crippen LogP) is 0.688. The van der Waals surface area contributed by atoms with E-state index in [4.69, 9.17) is 0 Å². The summed E-state index contributed by atoms with van der Waals surface area (Å²) < 4.78 is 23.6. The molecule has 0 aromatic heterocycles. The lowest BCUT2D eigenvalue weighted by atomic mass is 10.1. The number of hydrogen-bond acceptors (Lipinski definition) is 4. The number of rotatable bonds is 4. The van der Waals surface area contributed by atoms with Crippen LogP contribution in [0.2, 0.25) is 0 Å². The Hall–Kier alpha value is -0.330. The summed E-state index contributed by atoms with van der Waals surface area (Å²) >= 11 is 0. The lowest BCUT2D eigenvalue weighted by Crippen LogP contribution is -2.58. The van der Waals surface area contributed by atoms with Crippen molar-refractivity contribution in [2.75, 3.05) is 24.6 Å². The number of carbonyl (C=O) groups excluding carboxylic acids is 1. The van der Waals surface area contributed by atoms with Crippen molar-refractivity contribution in [2.24, 2.45) is 5.92 Å². The van der Waals surface area contributed by atoms with Crippen LogP contribution in [0.3, 0.4) is 0 Å². The van der Waals surface area contributed by atoms with Gasteiger partial charge in [0.2, 0.25) is 5.91 Å². The van der Waals surface area contributed by atoms with Crippen molar-refractivity contribution in [1.29, 1.82) is 0 Å². The molecule has 0 aromatic carbocycles. The third-order valence-corrected chi connectivity index (χ3v) is 5.15. The normalized spacial score (nSPS) is 24.2. The SMILES string of the molecule is CC(C)CS(=O)(=O)CC(=O)N1CCNC(C)C1C.Cl. The molecule has 114 valence electrons. The van der Waals surface area contributed by atoms with Crippen LogP contribution in [0.5, 0.6) is 0 Å². The Morgan fingerprint density at radius 3 is 2.47 bits per heavy atom. The van der Waals surface area contributed by atoms with Gasteiger partial charge in [0.25, 0.3) is 0 Å². The molecule has 1 amide bonds. The minimum atomic E-state index is -3.28. The van der Waals surface area contributed by atoms with Crippen molar-refractivity contribution in [3.05, 3.63) is 0 Å². The molecule has 1 N–H and O–H groups in total. The standard InChI is InChI=1S/C12H24N2O3S.ClH/c1-9(2)7-18(16,17)8-12(15)14-6-5-13-10(3)11(14)4;/h9-11,13H,5-8H2,1-4H3;1H. The smallest absolute Gasteiger partial charge is 0.238 e. The number of sulfone groups is 1. The average Bonchev–Trinajstić information content (AvgIpc) is 2.18. The van der Waals surface area contributed by atoms with E-state index in [1.165, 1.54) is 0 Å². The van der Waals surface area contributed by atoms with Gasteiger partial charge in [-0.1, -0.05) is 13.8 Å². The highest BCUT2D eigenvalue weighted by Gasteiger charge is 2.30. The first kappa shape index (κ1) is 18.7. The fourth-order valence-electron chi connectivity index (χ4n) is 2.25. The van der Waals surface area contributed by atoms with Crippen LogP contribution in [0.1, 0.15) is 27.7 Å². The van der Waals surface area contributed by atoms with Gasteiger partial charge in [-0.3, -0.25) is 4.79 Å². The molecule has 2 atom stereocenters. The minimum absolute atomic E-state index is 0. The summed E-state index contributed by atoms with van der Waals surface area (Å²) in [4.78, 5) is 13.7. The Balaban J connectivity index is 0.00000324. The highest BCUT2D eigenvalue weighted by Crippen LogP contribution is 2.11. The molecule has 0 saturated carbocycles. The number of amides is 1. The van der Waals surface area contributed by atoms with Gasteiger partial charge in [-0.2, -0.15) is 0 Å². The molecule has 1 rings (SSSR count). The van der Waals surface area contributed by atoms with Crippen molar-refractivity contribution in [2.45, 2.75) is 39.8 Å². The van der Waals surface area contributed by atoms with Crippen LogP contribution >= 0.6 is 12.4 Å². The van der Waals surface area contributed by atoms with Gasteiger partial charge in [-0.15, -0.1) is 12.4 Å². The molecule has 0 bridgehead atoms. The average molecular weight is 313 g/mol. The molecular weight excluding hydrogens is 288 g/mol. The van der Waals surface area contributed by atoms with Crippen LogP contribution in [0, 0.1) is 5.92 Å². The third kappa shape index (κ3) is 5.67. The van der Waals surface area contributed by atoms with E-state index in [-0.39, 0.29) is 47.8 Å². The fourth-order valence-corrected chi connectivity index (χ4v) is 3.92. The van der Waals surface area contributed by atoms with Gasteiger partial charge in [0.1, 0.15) is 5.75 Å². The van der Waals surface area contributed by atoms with E-state index in [0.717, 1.165) is 6.54 Å². The quantitative estimate of drug-likeness (QED) is 0.829. The lowest BCUT2D eigenvalue weighted by Gasteiger charge is -2.38. The zero-order valence-corrected chi connectivity index (χ0v) is 13.7. The van der Waals surface area contributed by atoms with E-state index in [1.54, 1.807) is 4.90 Å². The van der Waals surface area contributed by atoms with Gasteiger partial charge in [-0.25, -0.2) is 8.42 Å². The van der Waals surface area contributed by atoms with Crippen molar-refractivity contribution in [3.63, 3.8) is 0 Å². The Labute approximate surface area is 122 Å². The number of nitrogens with one attached hydrogen (secondary N) is 1. The molecule has 1 aliphatic rings. The topological polar surface area (TPSA) is 66.5 Å². The molecule has 5 nitrogen and oxygen atoms in total. The Kier molecular flexibility index (Phi) is 7.32. The number of halogens is 1. The highest BCUT2D eigenvalue weighted by atomic mass is 35.5. The molecule has 1 aliphatic heterocycles. The zero-order chi connectivity index (χ0) is 13.9. The molecule has 0 aliphatic carbocycles. The zero-order valence-electron chi connectivity index (χ0n) is 12.0. The van der Waals surface area contributed by atoms with E-state index >= 15 is 0 Å². The van der Waals surface area contributed by atoms with Crippen LogP contribution in [0.15, 0.2) is 0 Å². The number of piperazine rings is 1. The largest absolute Gasteiger partial charge is 0.336 e. The van der Waals surface area contributed by atoms with E-state index in [1.807, 2.05) is 27.7 Å². The highest BCUT2D eigenvalue weighted by molar-refractivity contribution is 7.92. The number of carbonyl (C=O) groups is 1. The summed E-state index contributed by atoms with van der Waals surface area (Å²) in [5, 5.41) is 3.27. The molecule has 19 heavy (non-hydrogen) atoms. The van der Waals surface area contributed by atoms with Crippen LogP contribution in [0.4, 0.5) is 0 Å². The van der Waals surface area contributed by atoms with Gasteiger partial charge in [0, 0.05) is 25.2 Å². The molecule has 0 radical (unpaired) electrons. The molecular formula is C12H25ClN2O3S. The van der Waals surface area contributed by atoms with Gasteiger partial charge in [0.05, 0.1) is 5.75 Å². The van der Waals surface area contributed by atoms with E-state index in [0.29, 0.717) is 6.54 Å². The summed E-state index contributed by atoms with van der Waals surface area (Å²) in [5.74, 6) is -0.490. The van der Waals surface area contributed by atoms with Crippen molar-refractivity contribution < 1.29 is 13.2 Å². The molecule has 1 heterocycles. The fraction of sp³-hybridized carbons (Fsp3) is 0.917. The van der Waals surface area contributed by atoms with Gasteiger partial charge in [0.15, 0.2) is 9.84 Å². The van der Waals surface area contributed by atoms with Crippen molar-refractivity contribution in [3.8, 4) is 0 Å². The summed E-state index contributed by atoms with van der Waals surface area (Å²) in [7, 11) is -3.28. The first-order valence-corrected chi connectivity index (χ1v) is 8.28. The second-order valence-electron chi connectivity index (χ2n) is 5.52. The Morgan fingerprint density at radius 2 is 1.95 bits per heavy atom. The maximum atomic E-state index is 12.1. The Bertz CT molecular complexity index is 398. The van der Waals surface area contributed by atoms with Crippen molar-refractivity contribution in [1.82, 2.24) is 10.2 Å². The molecule has 0 aromatic rings. The van der Waals surface area contributed by atoms with Crippen LogP contribution in [-0.2, 0) is 14.6 Å². The number of hydrogen-bond donors (Lipinski definition) is 1. The summed E-state index contributed by atoms with van der Waals surface area (Å²) in [5.41, 5.74) is 0. The van der Waals surface area contributed by atoms with E-state index in [9.17, 15) is 13.2 Å².